The van der Waals surface area contributed by atoms with Crippen LogP contribution < -0.4 is 4.90 Å². The SMILES string of the molecule is CC1CCN(CC2CCCN(c3ccnc(C(C)C)n3)C2)CC1. The summed E-state index contributed by atoms with van der Waals surface area (Å²) >= 11 is 0. The van der Waals surface area contributed by atoms with Crippen molar-refractivity contribution >= 4 is 5.82 Å². The van der Waals surface area contributed by atoms with Gasteiger partial charge in [0.2, 0.25) is 0 Å². The molecule has 0 amide bonds. The molecule has 23 heavy (non-hydrogen) atoms. The van der Waals surface area contributed by atoms with Gasteiger partial charge in [-0.1, -0.05) is 20.8 Å². The average Bonchev–Trinajstić information content (AvgIpc) is 2.57. The largest absolute Gasteiger partial charge is 0.356 e. The maximum absolute atomic E-state index is 4.79. The van der Waals surface area contributed by atoms with Crippen LogP contribution in [-0.4, -0.2) is 47.6 Å². The van der Waals surface area contributed by atoms with E-state index in [-0.39, 0.29) is 0 Å². The molecule has 128 valence electrons. The molecule has 1 aromatic rings. The fraction of sp³-hybridized carbons (Fsp3) is 0.789. The Hall–Kier alpha value is -1.16. The molecule has 2 aliphatic heterocycles. The first-order valence-corrected chi connectivity index (χ1v) is 9.42. The summed E-state index contributed by atoms with van der Waals surface area (Å²) in [6.45, 7) is 12.9. The lowest BCUT2D eigenvalue weighted by atomic mass is 9.94. The van der Waals surface area contributed by atoms with Crippen molar-refractivity contribution in [3.8, 4) is 0 Å². The van der Waals surface area contributed by atoms with Gasteiger partial charge >= 0.3 is 0 Å². The van der Waals surface area contributed by atoms with Crippen LogP contribution in [0.4, 0.5) is 5.82 Å². The molecule has 1 aromatic heterocycles. The van der Waals surface area contributed by atoms with E-state index in [0.29, 0.717) is 5.92 Å². The standard InChI is InChI=1S/C19H32N4/c1-15(2)19-20-9-6-18(21-19)23-10-4-5-17(14-23)13-22-11-7-16(3)8-12-22/h6,9,15-17H,4-5,7-8,10-14H2,1-3H3. The van der Waals surface area contributed by atoms with Crippen LogP contribution in [0, 0.1) is 11.8 Å². The minimum absolute atomic E-state index is 0.394. The molecular weight excluding hydrogens is 284 g/mol. The number of likely N-dealkylation sites (tertiary alicyclic amines) is 1. The van der Waals surface area contributed by atoms with Gasteiger partial charge in [0.15, 0.2) is 0 Å². The van der Waals surface area contributed by atoms with Crippen LogP contribution in [-0.2, 0) is 0 Å². The quantitative estimate of drug-likeness (QED) is 0.850. The fourth-order valence-electron chi connectivity index (χ4n) is 3.85. The van der Waals surface area contributed by atoms with Crippen LogP contribution in [0.1, 0.15) is 58.2 Å². The highest BCUT2D eigenvalue weighted by molar-refractivity contribution is 5.38. The summed E-state index contributed by atoms with van der Waals surface area (Å²) in [5.74, 6) is 4.19. The zero-order valence-electron chi connectivity index (χ0n) is 15.0. The number of nitrogens with zero attached hydrogens (tertiary/aromatic N) is 4. The van der Waals surface area contributed by atoms with E-state index in [9.17, 15) is 0 Å². The highest BCUT2D eigenvalue weighted by Crippen LogP contribution is 2.25. The van der Waals surface area contributed by atoms with Crippen molar-refractivity contribution in [3.63, 3.8) is 0 Å². The van der Waals surface area contributed by atoms with Gasteiger partial charge in [-0.05, 0) is 56.7 Å². The Morgan fingerprint density at radius 1 is 1.17 bits per heavy atom. The summed E-state index contributed by atoms with van der Waals surface area (Å²) in [6.07, 6.45) is 7.33. The highest BCUT2D eigenvalue weighted by Gasteiger charge is 2.25. The summed E-state index contributed by atoms with van der Waals surface area (Å²) in [6, 6.07) is 2.08. The monoisotopic (exact) mass is 316 g/mol. The Morgan fingerprint density at radius 2 is 1.96 bits per heavy atom. The van der Waals surface area contributed by atoms with Gasteiger partial charge in [-0.15, -0.1) is 0 Å². The van der Waals surface area contributed by atoms with E-state index < -0.39 is 0 Å². The van der Waals surface area contributed by atoms with Gasteiger partial charge in [-0.25, -0.2) is 9.97 Å². The van der Waals surface area contributed by atoms with Gasteiger partial charge in [-0.2, -0.15) is 0 Å². The predicted molar refractivity (Wildman–Crippen MR) is 95.9 cm³/mol. The lowest BCUT2D eigenvalue weighted by molar-refractivity contribution is 0.159. The summed E-state index contributed by atoms with van der Waals surface area (Å²) in [4.78, 5) is 14.4. The number of anilines is 1. The molecule has 0 radical (unpaired) electrons. The minimum atomic E-state index is 0.394. The second-order valence-corrected chi connectivity index (χ2v) is 7.87. The smallest absolute Gasteiger partial charge is 0.133 e. The van der Waals surface area contributed by atoms with Crippen molar-refractivity contribution in [1.29, 1.82) is 0 Å². The first-order chi connectivity index (χ1) is 11.1. The zero-order chi connectivity index (χ0) is 16.2. The molecule has 2 aliphatic rings. The number of hydrogen-bond acceptors (Lipinski definition) is 4. The van der Waals surface area contributed by atoms with Gasteiger partial charge in [0, 0.05) is 31.7 Å². The number of piperidine rings is 2. The van der Waals surface area contributed by atoms with E-state index in [1.54, 1.807) is 0 Å². The van der Waals surface area contributed by atoms with Crippen molar-refractivity contribution in [1.82, 2.24) is 14.9 Å². The van der Waals surface area contributed by atoms with Crippen LogP contribution in [0.25, 0.3) is 0 Å². The highest BCUT2D eigenvalue weighted by atomic mass is 15.2. The van der Waals surface area contributed by atoms with E-state index in [0.717, 1.165) is 36.6 Å². The molecule has 4 heteroatoms. The summed E-state index contributed by atoms with van der Waals surface area (Å²) < 4.78 is 0. The van der Waals surface area contributed by atoms with Crippen LogP contribution in [0.5, 0.6) is 0 Å². The van der Waals surface area contributed by atoms with E-state index in [2.05, 4.69) is 41.6 Å². The van der Waals surface area contributed by atoms with Crippen molar-refractivity contribution in [2.45, 2.75) is 52.4 Å². The normalized spacial score (nSPS) is 24.3. The lowest BCUT2D eigenvalue weighted by Crippen LogP contribution is -2.43. The van der Waals surface area contributed by atoms with Crippen molar-refractivity contribution in [2.24, 2.45) is 11.8 Å². The first-order valence-electron chi connectivity index (χ1n) is 9.42. The molecule has 0 aromatic carbocycles. The maximum Gasteiger partial charge on any atom is 0.133 e. The Labute approximate surface area is 141 Å². The Bertz CT molecular complexity index is 494. The molecule has 1 atom stereocenters. The molecule has 0 aliphatic carbocycles. The molecule has 0 saturated carbocycles. The number of rotatable bonds is 4. The van der Waals surface area contributed by atoms with Gasteiger partial charge in [0.05, 0.1) is 0 Å². The Kier molecular flexibility index (Phi) is 5.52. The first kappa shape index (κ1) is 16.7. The molecule has 2 fully saturated rings. The van der Waals surface area contributed by atoms with Crippen LogP contribution >= 0.6 is 0 Å². The summed E-state index contributed by atoms with van der Waals surface area (Å²) in [5.41, 5.74) is 0. The van der Waals surface area contributed by atoms with Gasteiger partial charge < -0.3 is 9.80 Å². The second-order valence-electron chi connectivity index (χ2n) is 7.87. The van der Waals surface area contributed by atoms with E-state index in [4.69, 9.17) is 4.98 Å². The van der Waals surface area contributed by atoms with E-state index >= 15 is 0 Å². The summed E-state index contributed by atoms with van der Waals surface area (Å²) in [7, 11) is 0. The van der Waals surface area contributed by atoms with Gasteiger partial charge in [0.1, 0.15) is 11.6 Å². The maximum atomic E-state index is 4.79. The van der Waals surface area contributed by atoms with Crippen molar-refractivity contribution < 1.29 is 0 Å². The van der Waals surface area contributed by atoms with Crippen LogP contribution in [0.15, 0.2) is 12.3 Å². The molecule has 3 heterocycles. The van der Waals surface area contributed by atoms with E-state index in [1.165, 1.54) is 45.3 Å². The molecule has 0 spiro atoms. The molecule has 3 rings (SSSR count). The molecule has 4 nitrogen and oxygen atoms in total. The molecular formula is C19H32N4. The molecule has 0 bridgehead atoms. The molecule has 1 unspecified atom stereocenters. The molecule has 0 N–H and O–H groups in total. The van der Waals surface area contributed by atoms with E-state index in [1.807, 2.05) is 6.20 Å². The average molecular weight is 316 g/mol. The van der Waals surface area contributed by atoms with Crippen molar-refractivity contribution in [3.05, 3.63) is 18.1 Å². The summed E-state index contributed by atoms with van der Waals surface area (Å²) in [5, 5.41) is 0. The third-order valence-corrected chi connectivity index (χ3v) is 5.41. The van der Waals surface area contributed by atoms with Crippen LogP contribution in [0.2, 0.25) is 0 Å². The predicted octanol–water partition coefficient (Wildman–Crippen LogP) is 3.55. The van der Waals surface area contributed by atoms with Gasteiger partial charge in [-0.3, -0.25) is 0 Å². The third-order valence-electron chi connectivity index (χ3n) is 5.41. The topological polar surface area (TPSA) is 32.3 Å². The third kappa shape index (κ3) is 4.43. The Balaban J connectivity index is 1.58. The second kappa shape index (κ2) is 7.61. The number of hydrogen-bond donors (Lipinski definition) is 0. The van der Waals surface area contributed by atoms with Gasteiger partial charge in [0.25, 0.3) is 0 Å². The fourth-order valence-corrected chi connectivity index (χ4v) is 3.85. The van der Waals surface area contributed by atoms with Crippen molar-refractivity contribution in [2.75, 3.05) is 37.6 Å². The van der Waals surface area contributed by atoms with Crippen LogP contribution in [0.3, 0.4) is 0 Å². The Morgan fingerprint density at radius 3 is 2.70 bits per heavy atom. The lowest BCUT2D eigenvalue weighted by Gasteiger charge is -2.38. The number of aromatic nitrogens is 2. The molecule has 2 saturated heterocycles. The minimum Gasteiger partial charge on any atom is -0.356 e. The zero-order valence-corrected chi connectivity index (χ0v) is 15.0.